The molecule has 1 unspecified atom stereocenters. The van der Waals surface area contributed by atoms with E-state index in [0.29, 0.717) is 0 Å². The molecule has 0 bridgehead atoms. The number of aliphatic carboxylic acids is 1. The SMILES string of the molecule is CC(=O)SC1CC(=O)N([C@@H](C(=O)O)[C@H](C)O)C1. The second-order valence-corrected chi connectivity index (χ2v) is 5.48. The summed E-state index contributed by atoms with van der Waals surface area (Å²) in [5.74, 6) is -1.57. The lowest BCUT2D eigenvalue weighted by molar-refractivity contribution is -0.152. The minimum Gasteiger partial charge on any atom is -0.480 e. The maximum Gasteiger partial charge on any atom is 0.329 e. The molecule has 1 aliphatic rings. The van der Waals surface area contributed by atoms with Gasteiger partial charge in [-0.15, -0.1) is 0 Å². The van der Waals surface area contributed by atoms with Gasteiger partial charge in [-0.3, -0.25) is 9.59 Å². The van der Waals surface area contributed by atoms with Gasteiger partial charge in [0.05, 0.1) is 6.10 Å². The summed E-state index contributed by atoms with van der Waals surface area (Å²) < 4.78 is 0. The van der Waals surface area contributed by atoms with E-state index in [-0.39, 0.29) is 29.2 Å². The molecular weight excluding hydrogens is 246 g/mol. The first-order valence-electron chi connectivity index (χ1n) is 5.20. The van der Waals surface area contributed by atoms with Crippen LogP contribution in [0.25, 0.3) is 0 Å². The highest BCUT2D eigenvalue weighted by molar-refractivity contribution is 8.14. The van der Waals surface area contributed by atoms with E-state index in [1.165, 1.54) is 13.8 Å². The fourth-order valence-corrected chi connectivity index (χ4v) is 2.81. The van der Waals surface area contributed by atoms with Crippen molar-refractivity contribution >= 4 is 28.8 Å². The van der Waals surface area contributed by atoms with Crippen LogP contribution < -0.4 is 0 Å². The first-order valence-corrected chi connectivity index (χ1v) is 6.08. The summed E-state index contributed by atoms with van der Waals surface area (Å²) in [7, 11) is 0. The number of likely N-dealkylation sites (tertiary alicyclic amines) is 1. The highest BCUT2D eigenvalue weighted by Gasteiger charge is 2.40. The Kier molecular flexibility index (Phi) is 4.53. The highest BCUT2D eigenvalue weighted by atomic mass is 32.2. The summed E-state index contributed by atoms with van der Waals surface area (Å²) in [4.78, 5) is 34.7. The Morgan fingerprint density at radius 1 is 1.53 bits per heavy atom. The van der Waals surface area contributed by atoms with Crippen molar-refractivity contribution in [1.29, 1.82) is 0 Å². The topological polar surface area (TPSA) is 94.9 Å². The van der Waals surface area contributed by atoms with E-state index < -0.39 is 18.1 Å². The van der Waals surface area contributed by atoms with E-state index in [1.54, 1.807) is 0 Å². The standard InChI is InChI=1S/C10H15NO5S/c1-5(12)9(10(15)16)11-4-7(3-8(11)14)17-6(2)13/h5,7,9,12H,3-4H2,1-2H3,(H,15,16)/t5-,7?,9+/m0/s1. The van der Waals surface area contributed by atoms with Gasteiger partial charge in [-0.2, -0.15) is 0 Å². The van der Waals surface area contributed by atoms with Crippen molar-refractivity contribution in [2.24, 2.45) is 0 Å². The van der Waals surface area contributed by atoms with Crippen LogP contribution in [0.15, 0.2) is 0 Å². The number of thioether (sulfide) groups is 1. The van der Waals surface area contributed by atoms with Crippen molar-refractivity contribution in [3.05, 3.63) is 0 Å². The van der Waals surface area contributed by atoms with Gasteiger partial charge in [0.1, 0.15) is 0 Å². The number of amides is 1. The zero-order chi connectivity index (χ0) is 13.2. The zero-order valence-electron chi connectivity index (χ0n) is 9.62. The van der Waals surface area contributed by atoms with Crippen LogP contribution in [0.2, 0.25) is 0 Å². The number of carbonyl (C=O) groups is 3. The molecule has 3 atom stereocenters. The molecule has 1 amide bonds. The number of nitrogens with zero attached hydrogens (tertiary/aromatic N) is 1. The number of rotatable bonds is 4. The molecule has 0 spiro atoms. The Morgan fingerprint density at radius 2 is 2.12 bits per heavy atom. The van der Waals surface area contributed by atoms with Gasteiger partial charge in [0.15, 0.2) is 11.2 Å². The van der Waals surface area contributed by atoms with E-state index in [1.807, 2.05) is 0 Å². The van der Waals surface area contributed by atoms with Crippen LogP contribution >= 0.6 is 11.8 Å². The van der Waals surface area contributed by atoms with E-state index in [4.69, 9.17) is 5.11 Å². The Labute approximate surface area is 103 Å². The monoisotopic (exact) mass is 261 g/mol. The van der Waals surface area contributed by atoms with E-state index >= 15 is 0 Å². The lowest BCUT2D eigenvalue weighted by Crippen LogP contribution is -2.48. The lowest BCUT2D eigenvalue weighted by Gasteiger charge is -2.26. The molecule has 0 radical (unpaired) electrons. The molecule has 0 saturated carbocycles. The van der Waals surface area contributed by atoms with Crippen molar-refractivity contribution < 1.29 is 24.6 Å². The summed E-state index contributed by atoms with van der Waals surface area (Å²) >= 11 is 1.03. The molecule has 0 aromatic heterocycles. The van der Waals surface area contributed by atoms with E-state index in [9.17, 15) is 19.5 Å². The number of aliphatic hydroxyl groups excluding tert-OH is 1. The third kappa shape index (κ3) is 3.44. The van der Waals surface area contributed by atoms with Crippen LogP contribution in [0, 0.1) is 0 Å². The number of aliphatic hydroxyl groups is 1. The molecular formula is C10H15NO5S. The molecule has 6 nitrogen and oxygen atoms in total. The summed E-state index contributed by atoms with van der Waals surface area (Å²) in [5.41, 5.74) is 0. The fraction of sp³-hybridized carbons (Fsp3) is 0.700. The largest absolute Gasteiger partial charge is 0.480 e. The minimum absolute atomic E-state index is 0.103. The summed E-state index contributed by atoms with van der Waals surface area (Å²) in [6.45, 7) is 2.92. The maximum absolute atomic E-state index is 11.6. The molecule has 2 N–H and O–H groups in total. The van der Waals surface area contributed by atoms with Gasteiger partial charge < -0.3 is 15.1 Å². The summed E-state index contributed by atoms with van der Waals surface area (Å²) in [6.07, 6.45) is -1.00. The van der Waals surface area contributed by atoms with Crippen molar-refractivity contribution in [2.45, 2.75) is 37.7 Å². The predicted molar refractivity (Wildman–Crippen MR) is 61.5 cm³/mol. The second-order valence-electron chi connectivity index (χ2n) is 4.01. The Bertz CT molecular complexity index is 344. The van der Waals surface area contributed by atoms with Gasteiger partial charge in [0.2, 0.25) is 5.91 Å². The Morgan fingerprint density at radius 3 is 2.53 bits per heavy atom. The number of carboxylic acid groups (broad SMARTS) is 1. The molecule has 0 aromatic rings. The van der Waals surface area contributed by atoms with Crippen LogP contribution in [-0.2, 0) is 14.4 Å². The Hall–Kier alpha value is -1.08. The quantitative estimate of drug-likeness (QED) is 0.721. The van der Waals surface area contributed by atoms with Crippen LogP contribution in [0.3, 0.4) is 0 Å². The van der Waals surface area contributed by atoms with Crippen molar-refractivity contribution in [2.75, 3.05) is 6.54 Å². The Balaban J connectivity index is 2.75. The predicted octanol–water partition coefficient (Wildman–Crippen LogP) is -0.299. The highest BCUT2D eigenvalue weighted by Crippen LogP contribution is 2.26. The number of hydrogen-bond acceptors (Lipinski definition) is 5. The van der Waals surface area contributed by atoms with Gasteiger partial charge in [0.25, 0.3) is 0 Å². The fourth-order valence-electron chi connectivity index (χ4n) is 1.88. The molecule has 96 valence electrons. The molecule has 17 heavy (non-hydrogen) atoms. The van der Waals surface area contributed by atoms with Gasteiger partial charge in [-0.05, 0) is 6.92 Å². The molecule has 7 heteroatoms. The summed E-state index contributed by atoms with van der Waals surface area (Å²) in [5, 5.41) is 18.0. The van der Waals surface area contributed by atoms with Gasteiger partial charge in [-0.25, -0.2) is 4.79 Å². The van der Waals surface area contributed by atoms with Gasteiger partial charge >= 0.3 is 5.97 Å². The van der Waals surface area contributed by atoms with Gasteiger partial charge in [-0.1, -0.05) is 11.8 Å². The van der Waals surface area contributed by atoms with E-state index in [2.05, 4.69) is 0 Å². The zero-order valence-corrected chi connectivity index (χ0v) is 10.4. The summed E-state index contributed by atoms with van der Waals surface area (Å²) in [6, 6.07) is -1.24. The first-order chi connectivity index (χ1) is 7.82. The molecule has 0 aromatic carbocycles. The molecule has 1 aliphatic heterocycles. The van der Waals surface area contributed by atoms with Crippen molar-refractivity contribution in [3.8, 4) is 0 Å². The molecule has 1 saturated heterocycles. The number of carbonyl (C=O) groups excluding carboxylic acids is 2. The molecule has 1 rings (SSSR count). The molecule has 0 aliphatic carbocycles. The lowest BCUT2D eigenvalue weighted by atomic mass is 10.1. The van der Waals surface area contributed by atoms with E-state index in [0.717, 1.165) is 16.7 Å². The van der Waals surface area contributed by atoms with Gasteiger partial charge in [0, 0.05) is 25.1 Å². The number of hydrogen-bond donors (Lipinski definition) is 2. The first kappa shape index (κ1) is 14.0. The minimum atomic E-state index is -1.24. The molecule has 1 fully saturated rings. The van der Waals surface area contributed by atoms with Crippen LogP contribution in [-0.4, -0.2) is 56.0 Å². The van der Waals surface area contributed by atoms with Crippen LogP contribution in [0.4, 0.5) is 0 Å². The van der Waals surface area contributed by atoms with Crippen LogP contribution in [0.1, 0.15) is 20.3 Å². The van der Waals surface area contributed by atoms with Crippen molar-refractivity contribution in [1.82, 2.24) is 4.90 Å². The average molecular weight is 261 g/mol. The smallest absolute Gasteiger partial charge is 0.329 e. The molecule has 1 heterocycles. The van der Waals surface area contributed by atoms with Crippen molar-refractivity contribution in [3.63, 3.8) is 0 Å². The normalized spacial score (nSPS) is 23.6. The number of carboxylic acids is 1. The van der Waals surface area contributed by atoms with Crippen LogP contribution in [0.5, 0.6) is 0 Å². The third-order valence-electron chi connectivity index (χ3n) is 2.50. The maximum atomic E-state index is 11.6. The third-order valence-corrected chi connectivity index (χ3v) is 3.48. The average Bonchev–Trinajstić information content (AvgIpc) is 2.44. The second kappa shape index (κ2) is 5.50.